The van der Waals surface area contributed by atoms with Crippen molar-refractivity contribution in [2.45, 2.75) is 6.92 Å². The van der Waals surface area contributed by atoms with E-state index in [1.807, 2.05) is 40.9 Å². The third kappa shape index (κ3) is 3.22. The number of rotatable bonds is 3. The summed E-state index contributed by atoms with van der Waals surface area (Å²) >= 11 is 1.42. The van der Waals surface area contributed by atoms with Crippen molar-refractivity contribution in [2.24, 2.45) is 0 Å². The van der Waals surface area contributed by atoms with Gasteiger partial charge in [-0.25, -0.2) is 9.37 Å². The fraction of sp³-hybridized carbons (Fsp3) is 0.263. The number of aryl methyl sites for hydroxylation is 1. The van der Waals surface area contributed by atoms with Crippen LogP contribution in [0.15, 0.2) is 48.8 Å². The topological polar surface area (TPSA) is 41.4 Å². The molecular weight excluding hydrogens is 351 g/mol. The standard InChI is InChI=1S/C19H19FN4OS/c1-14-17(26-19(21-14)24-8-2-3-9-24)18(25)23-12-10-22(11-13-23)16-6-4-15(20)5-7-16/h2-9H,10-13H2,1H3. The molecule has 0 N–H and O–H groups in total. The molecule has 2 aromatic heterocycles. The summed E-state index contributed by atoms with van der Waals surface area (Å²) in [5, 5.41) is 0.806. The predicted octanol–water partition coefficient (Wildman–Crippen LogP) is 3.34. The van der Waals surface area contributed by atoms with Gasteiger partial charge >= 0.3 is 0 Å². The Morgan fingerprint density at radius 3 is 2.38 bits per heavy atom. The SMILES string of the molecule is Cc1nc(-n2cccc2)sc1C(=O)N1CCN(c2ccc(F)cc2)CC1. The van der Waals surface area contributed by atoms with Gasteiger partial charge in [-0.15, -0.1) is 0 Å². The Balaban J connectivity index is 1.44. The fourth-order valence-electron chi connectivity index (χ4n) is 3.12. The number of benzene rings is 1. The minimum atomic E-state index is -0.235. The molecule has 0 radical (unpaired) electrons. The minimum Gasteiger partial charge on any atom is -0.368 e. The van der Waals surface area contributed by atoms with Gasteiger partial charge in [0.05, 0.1) is 5.69 Å². The molecule has 0 bridgehead atoms. The van der Waals surface area contributed by atoms with Crippen molar-refractivity contribution in [3.8, 4) is 5.13 Å². The number of piperazine rings is 1. The molecule has 0 spiro atoms. The first-order valence-electron chi connectivity index (χ1n) is 8.52. The third-order valence-electron chi connectivity index (χ3n) is 4.56. The van der Waals surface area contributed by atoms with Crippen LogP contribution in [0.4, 0.5) is 10.1 Å². The normalized spacial score (nSPS) is 14.7. The largest absolute Gasteiger partial charge is 0.368 e. The molecule has 0 unspecified atom stereocenters. The molecule has 7 heteroatoms. The summed E-state index contributed by atoms with van der Waals surface area (Å²) in [6.45, 7) is 4.64. The van der Waals surface area contributed by atoms with E-state index >= 15 is 0 Å². The van der Waals surface area contributed by atoms with Crippen LogP contribution in [0.2, 0.25) is 0 Å². The number of amides is 1. The maximum atomic E-state index is 13.1. The van der Waals surface area contributed by atoms with Crippen molar-refractivity contribution in [2.75, 3.05) is 31.1 Å². The van der Waals surface area contributed by atoms with Crippen molar-refractivity contribution in [3.05, 3.63) is 65.2 Å². The Kier molecular flexibility index (Phi) is 4.46. The summed E-state index contributed by atoms with van der Waals surface area (Å²) in [6, 6.07) is 10.4. The number of thiazole rings is 1. The molecule has 26 heavy (non-hydrogen) atoms. The van der Waals surface area contributed by atoms with E-state index in [0.717, 1.165) is 29.6 Å². The molecule has 0 saturated carbocycles. The lowest BCUT2D eigenvalue weighted by molar-refractivity contribution is 0.0750. The van der Waals surface area contributed by atoms with Crippen LogP contribution in [-0.2, 0) is 0 Å². The summed E-state index contributed by atoms with van der Waals surface area (Å²) in [6.07, 6.45) is 3.85. The number of hydrogen-bond donors (Lipinski definition) is 0. The average Bonchev–Trinajstić information content (AvgIpc) is 3.31. The molecule has 0 aliphatic carbocycles. The van der Waals surface area contributed by atoms with Gasteiger partial charge in [0.25, 0.3) is 5.91 Å². The maximum Gasteiger partial charge on any atom is 0.266 e. The lowest BCUT2D eigenvalue weighted by Crippen LogP contribution is -2.48. The fourth-order valence-corrected chi connectivity index (χ4v) is 4.12. The Morgan fingerprint density at radius 2 is 1.73 bits per heavy atom. The molecule has 3 aromatic rings. The van der Waals surface area contributed by atoms with E-state index in [1.54, 1.807) is 12.1 Å². The number of aromatic nitrogens is 2. The van der Waals surface area contributed by atoms with Gasteiger partial charge in [-0.05, 0) is 43.3 Å². The minimum absolute atomic E-state index is 0.0390. The van der Waals surface area contributed by atoms with Gasteiger partial charge < -0.3 is 14.4 Å². The van der Waals surface area contributed by atoms with E-state index in [-0.39, 0.29) is 11.7 Å². The quantitative estimate of drug-likeness (QED) is 0.710. The lowest BCUT2D eigenvalue weighted by Gasteiger charge is -2.36. The second-order valence-corrected chi connectivity index (χ2v) is 7.23. The van der Waals surface area contributed by atoms with Gasteiger partial charge in [0, 0.05) is 44.3 Å². The highest BCUT2D eigenvalue weighted by molar-refractivity contribution is 7.16. The highest BCUT2D eigenvalue weighted by atomic mass is 32.1. The number of carbonyl (C=O) groups is 1. The number of halogens is 1. The summed E-state index contributed by atoms with van der Waals surface area (Å²) < 4.78 is 15.0. The van der Waals surface area contributed by atoms with Gasteiger partial charge in [0.1, 0.15) is 10.7 Å². The number of nitrogens with zero attached hydrogens (tertiary/aromatic N) is 4. The Morgan fingerprint density at radius 1 is 1.08 bits per heavy atom. The van der Waals surface area contributed by atoms with Crippen LogP contribution in [0.5, 0.6) is 0 Å². The number of anilines is 1. The van der Waals surface area contributed by atoms with Gasteiger partial charge in [0.15, 0.2) is 5.13 Å². The third-order valence-corrected chi connectivity index (χ3v) is 5.72. The first-order chi connectivity index (χ1) is 12.6. The number of hydrogen-bond acceptors (Lipinski definition) is 4. The monoisotopic (exact) mass is 370 g/mol. The zero-order chi connectivity index (χ0) is 18.1. The van der Waals surface area contributed by atoms with E-state index in [9.17, 15) is 9.18 Å². The molecule has 1 saturated heterocycles. The van der Waals surface area contributed by atoms with Crippen LogP contribution >= 0.6 is 11.3 Å². The summed E-state index contributed by atoms with van der Waals surface area (Å²) in [5.41, 5.74) is 1.76. The molecule has 134 valence electrons. The first-order valence-corrected chi connectivity index (χ1v) is 9.34. The van der Waals surface area contributed by atoms with Crippen LogP contribution in [0.25, 0.3) is 5.13 Å². The molecular formula is C19H19FN4OS. The molecule has 3 heterocycles. The molecule has 5 nitrogen and oxygen atoms in total. The molecule has 1 aromatic carbocycles. The van der Waals surface area contributed by atoms with Gasteiger partial charge in [0.2, 0.25) is 0 Å². The molecule has 1 aliphatic heterocycles. The zero-order valence-corrected chi connectivity index (χ0v) is 15.2. The van der Waals surface area contributed by atoms with Gasteiger partial charge in [-0.2, -0.15) is 0 Å². The molecule has 1 amide bonds. The van der Waals surface area contributed by atoms with Gasteiger partial charge in [-0.3, -0.25) is 4.79 Å². The van der Waals surface area contributed by atoms with Crippen LogP contribution in [0.1, 0.15) is 15.4 Å². The highest BCUT2D eigenvalue weighted by Gasteiger charge is 2.25. The van der Waals surface area contributed by atoms with E-state index < -0.39 is 0 Å². The smallest absolute Gasteiger partial charge is 0.266 e. The highest BCUT2D eigenvalue weighted by Crippen LogP contribution is 2.24. The summed E-state index contributed by atoms with van der Waals surface area (Å²) in [7, 11) is 0. The van der Waals surface area contributed by atoms with E-state index in [0.29, 0.717) is 18.0 Å². The summed E-state index contributed by atoms with van der Waals surface area (Å²) in [4.78, 5) is 22.2. The number of carbonyl (C=O) groups excluding carboxylic acids is 1. The molecule has 0 atom stereocenters. The van der Waals surface area contributed by atoms with E-state index in [1.165, 1.54) is 23.5 Å². The lowest BCUT2D eigenvalue weighted by atomic mass is 10.2. The van der Waals surface area contributed by atoms with Crippen molar-refractivity contribution in [1.29, 1.82) is 0 Å². The van der Waals surface area contributed by atoms with Crippen molar-refractivity contribution in [1.82, 2.24) is 14.5 Å². The van der Waals surface area contributed by atoms with Crippen molar-refractivity contribution >= 4 is 22.9 Å². The zero-order valence-electron chi connectivity index (χ0n) is 14.4. The van der Waals surface area contributed by atoms with E-state index in [2.05, 4.69) is 9.88 Å². The average molecular weight is 370 g/mol. The van der Waals surface area contributed by atoms with Crippen molar-refractivity contribution in [3.63, 3.8) is 0 Å². The van der Waals surface area contributed by atoms with Crippen LogP contribution in [0, 0.1) is 12.7 Å². The Hall–Kier alpha value is -2.67. The van der Waals surface area contributed by atoms with Crippen LogP contribution in [-0.4, -0.2) is 46.5 Å². The Labute approximate surface area is 155 Å². The molecule has 4 rings (SSSR count). The first kappa shape index (κ1) is 16.8. The second-order valence-electron chi connectivity index (χ2n) is 6.26. The van der Waals surface area contributed by atoms with Crippen LogP contribution < -0.4 is 4.90 Å². The predicted molar refractivity (Wildman–Crippen MR) is 101 cm³/mol. The molecule has 1 aliphatic rings. The Bertz CT molecular complexity index is 896. The van der Waals surface area contributed by atoms with Crippen molar-refractivity contribution < 1.29 is 9.18 Å². The summed E-state index contributed by atoms with van der Waals surface area (Å²) in [5.74, 6) is -0.195. The van der Waals surface area contributed by atoms with E-state index in [4.69, 9.17) is 0 Å². The second kappa shape index (κ2) is 6.92. The van der Waals surface area contributed by atoms with Crippen LogP contribution in [0.3, 0.4) is 0 Å². The maximum absolute atomic E-state index is 13.1. The van der Waals surface area contributed by atoms with Gasteiger partial charge in [-0.1, -0.05) is 11.3 Å². The molecule has 1 fully saturated rings.